The van der Waals surface area contributed by atoms with Gasteiger partial charge < -0.3 is 15.0 Å². The molecule has 2 aromatic rings. The highest BCUT2D eigenvalue weighted by Gasteiger charge is 2.35. The predicted octanol–water partition coefficient (Wildman–Crippen LogP) is 3.15. The number of para-hydroxylation sites is 2. The monoisotopic (exact) mass is 409 g/mol. The van der Waals surface area contributed by atoms with Crippen LogP contribution in [0.15, 0.2) is 54.6 Å². The zero-order chi connectivity index (χ0) is 21.6. The van der Waals surface area contributed by atoms with Crippen molar-refractivity contribution >= 4 is 17.5 Å². The van der Waals surface area contributed by atoms with Crippen LogP contribution < -0.4 is 10.1 Å². The smallest absolute Gasteiger partial charge is 0.232 e. The molecule has 0 aromatic heterocycles. The molecule has 1 aliphatic heterocycles. The molecule has 2 aromatic carbocycles. The molecule has 30 heavy (non-hydrogen) atoms. The Kier molecular flexibility index (Phi) is 7.11. The largest absolute Gasteiger partial charge is 0.495 e. The van der Waals surface area contributed by atoms with Crippen molar-refractivity contribution in [2.24, 2.45) is 0 Å². The summed E-state index contributed by atoms with van der Waals surface area (Å²) in [5.74, 6) is 0.768. The Bertz CT molecular complexity index is 859. The Hall–Kier alpha value is -2.86. The number of hydrogen-bond acceptors (Lipinski definition) is 4. The van der Waals surface area contributed by atoms with Crippen LogP contribution in [0.5, 0.6) is 5.75 Å². The van der Waals surface area contributed by atoms with E-state index in [-0.39, 0.29) is 11.8 Å². The summed E-state index contributed by atoms with van der Waals surface area (Å²) in [6.45, 7) is 7.56. The minimum atomic E-state index is -0.544. The van der Waals surface area contributed by atoms with Crippen molar-refractivity contribution in [2.75, 3.05) is 45.2 Å². The highest BCUT2D eigenvalue weighted by molar-refractivity contribution is 5.92. The van der Waals surface area contributed by atoms with E-state index < -0.39 is 5.41 Å². The molecular weight excluding hydrogens is 378 g/mol. The number of carbonyl (C=O) groups excluding carboxylic acids is 2. The summed E-state index contributed by atoms with van der Waals surface area (Å²) in [6, 6.07) is 17.3. The Morgan fingerprint density at radius 3 is 2.27 bits per heavy atom. The minimum Gasteiger partial charge on any atom is -0.495 e. The van der Waals surface area contributed by atoms with Gasteiger partial charge in [0, 0.05) is 39.1 Å². The lowest BCUT2D eigenvalue weighted by Crippen LogP contribution is -2.53. The van der Waals surface area contributed by atoms with E-state index in [2.05, 4.69) is 10.2 Å². The fraction of sp³-hybridized carbons (Fsp3) is 0.417. The zero-order valence-electron chi connectivity index (χ0n) is 18.1. The second kappa shape index (κ2) is 9.76. The molecule has 0 bridgehead atoms. The lowest BCUT2D eigenvalue weighted by molar-refractivity contribution is -0.138. The first kappa shape index (κ1) is 21.8. The number of benzene rings is 2. The van der Waals surface area contributed by atoms with Gasteiger partial charge in [-0.15, -0.1) is 0 Å². The maximum atomic E-state index is 13.1. The molecule has 1 fully saturated rings. The van der Waals surface area contributed by atoms with Gasteiger partial charge in [-0.2, -0.15) is 0 Å². The number of carbonyl (C=O) groups is 2. The molecule has 3 rings (SSSR count). The third-order valence-corrected chi connectivity index (χ3v) is 5.73. The van der Waals surface area contributed by atoms with Crippen molar-refractivity contribution in [3.8, 4) is 5.75 Å². The quantitative estimate of drug-likeness (QED) is 0.763. The number of anilines is 1. The van der Waals surface area contributed by atoms with E-state index >= 15 is 0 Å². The molecule has 1 heterocycles. The number of nitrogens with zero attached hydrogens (tertiary/aromatic N) is 2. The molecule has 0 radical (unpaired) electrons. The van der Waals surface area contributed by atoms with Crippen molar-refractivity contribution in [1.82, 2.24) is 9.80 Å². The van der Waals surface area contributed by atoms with Crippen LogP contribution in [0.1, 0.15) is 25.8 Å². The summed E-state index contributed by atoms with van der Waals surface area (Å²) in [5, 5.41) is 2.91. The van der Waals surface area contributed by atoms with Crippen molar-refractivity contribution < 1.29 is 14.3 Å². The zero-order valence-corrected chi connectivity index (χ0v) is 18.1. The van der Waals surface area contributed by atoms with Crippen LogP contribution in [-0.2, 0) is 15.0 Å². The molecule has 0 unspecified atom stereocenters. The number of piperazine rings is 1. The van der Waals surface area contributed by atoms with Gasteiger partial charge >= 0.3 is 0 Å². The maximum Gasteiger partial charge on any atom is 0.232 e. The van der Waals surface area contributed by atoms with Gasteiger partial charge in [0.2, 0.25) is 11.8 Å². The molecule has 0 aliphatic carbocycles. The van der Waals surface area contributed by atoms with E-state index in [1.54, 1.807) is 7.11 Å². The molecule has 160 valence electrons. The number of rotatable bonds is 7. The molecule has 2 amide bonds. The van der Waals surface area contributed by atoms with Crippen molar-refractivity contribution in [1.29, 1.82) is 0 Å². The predicted molar refractivity (Wildman–Crippen MR) is 119 cm³/mol. The van der Waals surface area contributed by atoms with Gasteiger partial charge in [0.15, 0.2) is 0 Å². The van der Waals surface area contributed by atoms with E-state index in [4.69, 9.17) is 4.74 Å². The first-order valence-corrected chi connectivity index (χ1v) is 10.4. The third kappa shape index (κ3) is 5.19. The second-order valence-corrected chi connectivity index (χ2v) is 8.12. The lowest BCUT2D eigenvalue weighted by atomic mass is 9.83. The van der Waals surface area contributed by atoms with Gasteiger partial charge in [0.1, 0.15) is 5.75 Å². The minimum absolute atomic E-state index is 0.0387. The van der Waals surface area contributed by atoms with Gasteiger partial charge in [-0.25, -0.2) is 0 Å². The number of hydrogen-bond donors (Lipinski definition) is 1. The Morgan fingerprint density at radius 1 is 0.967 bits per heavy atom. The SMILES string of the molecule is COc1ccccc1NC(=O)CCN1CCN(C(=O)C(C)(C)c2ccccc2)CC1. The molecule has 6 nitrogen and oxygen atoms in total. The van der Waals surface area contributed by atoms with E-state index in [9.17, 15) is 9.59 Å². The van der Waals surface area contributed by atoms with Crippen LogP contribution in [0.3, 0.4) is 0 Å². The summed E-state index contributed by atoms with van der Waals surface area (Å²) in [7, 11) is 1.59. The number of methoxy groups -OCH3 is 1. The van der Waals surface area contributed by atoms with Gasteiger partial charge in [-0.05, 0) is 31.5 Å². The molecule has 6 heteroatoms. The molecular formula is C24H31N3O3. The fourth-order valence-corrected chi connectivity index (χ4v) is 3.77. The van der Waals surface area contributed by atoms with Crippen molar-refractivity contribution in [2.45, 2.75) is 25.7 Å². The third-order valence-electron chi connectivity index (χ3n) is 5.73. The molecule has 0 saturated carbocycles. The van der Waals surface area contributed by atoms with Crippen LogP contribution in [0.25, 0.3) is 0 Å². The summed E-state index contributed by atoms with van der Waals surface area (Å²) in [6.07, 6.45) is 0.404. The Morgan fingerprint density at radius 2 is 1.60 bits per heavy atom. The first-order valence-electron chi connectivity index (χ1n) is 10.4. The van der Waals surface area contributed by atoms with E-state index in [0.29, 0.717) is 37.5 Å². The average Bonchev–Trinajstić information content (AvgIpc) is 2.78. The summed E-state index contributed by atoms with van der Waals surface area (Å²) >= 11 is 0. The number of nitrogens with one attached hydrogen (secondary N) is 1. The van der Waals surface area contributed by atoms with E-state index in [1.807, 2.05) is 73.3 Å². The molecule has 1 aliphatic rings. The normalized spacial score (nSPS) is 15.0. The van der Waals surface area contributed by atoms with Gasteiger partial charge in [-0.1, -0.05) is 42.5 Å². The van der Waals surface area contributed by atoms with Gasteiger partial charge in [0.05, 0.1) is 18.2 Å². The Balaban J connectivity index is 1.46. The highest BCUT2D eigenvalue weighted by Crippen LogP contribution is 2.26. The standard InChI is InChI=1S/C24H31N3O3/c1-24(2,19-9-5-4-6-10-19)23(29)27-17-15-26(16-18-27)14-13-22(28)25-20-11-7-8-12-21(20)30-3/h4-12H,13-18H2,1-3H3,(H,25,28). The summed E-state index contributed by atoms with van der Waals surface area (Å²) in [5.41, 5.74) is 1.17. The van der Waals surface area contributed by atoms with Crippen molar-refractivity contribution in [3.05, 3.63) is 60.2 Å². The summed E-state index contributed by atoms with van der Waals surface area (Å²) < 4.78 is 5.27. The molecule has 0 spiro atoms. The van der Waals surface area contributed by atoms with Crippen LogP contribution >= 0.6 is 0 Å². The van der Waals surface area contributed by atoms with Crippen molar-refractivity contribution in [3.63, 3.8) is 0 Å². The van der Waals surface area contributed by atoms with E-state index in [0.717, 1.165) is 18.7 Å². The molecule has 1 saturated heterocycles. The van der Waals surface area contributed by atoms with Gasteiger partial charge in [0.25, 0.3) is 0 Å². The summed E-state index contributed by atoms with van der Waals surface area (Å²) in [4.78, 5) is 29.6. The van der Waals surface area contributed by atoms with Crippen LogP contribution in [0.2, 0.25) is 0 Å². The highest BCUT2D eigenvalue weighted by atomic mass is 16.5. The Labute approximate surface area is 178 Å². The van der Waals surface area contributed by atoms with E-state index in [1.165, 1.54) is 0 Å². The maximum absolute atomic E-state index is 13.1. The number of amides is 2. The fourth-order valence-electron chi connectivity index (χ4n) is 3.77. The molecule has 1 N–H and O–H groups in total. The lowest BCUT2D eigenvalue weighted by Gasteiger charge is -2.38. The van der Waals surface area contributed by atoms with Crippen LogP contribution in [-0.4, -0.2) is 61.4 Å². The molecule has 0 atom stereocenters. The van der Waals surface area contributed by atoms with Gasteiger partial charge in [-0.3, -0.25) is 14.5 Å². The number of ether oxygens (including phenoxy) is 1. The first-order chi connectivity index (χ1) is 14.4. The van der Waals surface area contributed by atoms with Crippen LogP contribution in [0, 0.1) is 0 Å². The van der Waals surface area contributed by atoms with Crippen LogP contribution in [0.4, 0.5) is 5.69 Å². The topological polar surface area (TPSA) is 61.9 Å². The second-order valence-electron chi connectivity index (χ2n) is 8.12. The average molecular weight is 410 g/mol.